The smallest absolute Gasteiger partial charge is 0.307 e. The molecule has 1 N–H and O–H groups in total. The van der Waals surface area contributed by atoms with Crippen LogP contribution in [0, 0.1) is 0 Å². The number of nitrogens with one attached hydrogen (secondary N) is 1. The first-order valence-electron chi connectivity index (χ1n) is 11.0. The first kappa shape index (κ1) is 23.2. The summed E-state index contributed by atoms with van der Waals surface area (Å²) < 4.78 is 0.776. The number of hydrogen-bond acceptors (Lipinski definition) is 3. The highest BCUT2D eigenvalue weighted by atomic mass is 79.9. The molecule has 0 fully saturated rings. The van der Waals surface area contributed by atoms with Crippen LogP contribution < -0.4 is 10.2 Å². The highest BCUT2D eigenvalue weighted by molar-refractivity contribution is 9.10. The zero-order valence-electron chi connectivity index (χ0n) is 17.9. The van der Waals surface area contributed by atoms with Crippen molar-refractivity contribution < 1.29 is 14.4 Å². The number of hydrogen-bond donors (Lipinski definition) is 1. The number of urea groups is 1. The maximum atomic E-state index is 13.2. The van der Waals surface area contributed by atoms with Gasteiger partial charge in [-0.1, -0.05) is 79.6 Å². The number of halogens is 1. The van der Waals surface area contributed by atoms with Crippen molar-refractivity contribution in [1.29, 1.82) is 0 Å². The van der Waals surface area contributed by atoms with Gasteiger partial charge in [0.05, 0.1) is 5.69 Å². The number of carbonyl (C=O) groups excluding carboxylic acids is 3. The number of imide groups is 1. The summed E-state index contributed by atoms with van der Waals surface area (Å²) >= 11 is 3.42. The molecule has 1 unspecified atom stereocenters. The predicted octanol–water partition coefficient (Wildman–Crippen LogP) is 6.82. The number of para-hydroxylation sites is 1. The second-order valence-corrected chi connectivity index (χ2v) is 8.86. The van der Waals surface area contributed by atoms with Crippen LogP contribution in [0.4, 0.5) is 16.2 Å². The van der Waals surface area contributed by atoms with Gasteiger partial charge in [-0.15, -0.1) is 0 Å². The normalized spacial score (nSPS) is 15.1. The fraction of sp³-hybridized carbons (Fsp3) is 0.400. The molecule has 2 aromatic carbocycles. The van der Waals surface area contributed by atoms with E-state index in [0.29, 0.717) is 23.4 Å². The fourth-order valence-electron chi connectivity index (χ4n) is 3.96. The molecule has 1 aliphatic rings. The third-order valence-electron chi connectivity index (χ3n) is 5.59. The molecule has 3 amide bonds. The Labute approximate surface area is 192 Å². The van der Waals surface area contributed by atoms with Crippen LogP contribution in [0.25, 0.3) is 0 Å². The van der Waals surface area contributed by atoms with E-state index in [-0.39, 0.29) is 5.78 Å². The minimum Gasteiger partial charge on any atom is -0.307 e. The van der Waals surface area contributed by atoms with E-state index in [1.165, 1.54) is 25.7 Å². The Morgan fingerprint density at radius 1 is 0.968 bits per heavy atom. The van der Waals surface area contributed by atoms with Crippen molar-refractivity contribution in [1.82, 2.24) is 0 Å². The Morgan fingerprint density at radius 2 is 1.65 bits per heavy atom. The highest BCUT2D eigenvalue weighted by Crippen LogP contribution is 2.40. The summed E-state index contributed by atoms with van der Waals surface area (Å²) in [5.74, 6) is -1.52. The third-order valence-corrected chi connectivity index (χ3v) is 6.08. The maximum absolute atomic E-state index is 13.2. The quantitative estimate of drug-likeness (QED) is 0.297. The summed E-state index contributed by atoms with van der Waals surface area (Å²) in [6.45, 7) is 2.19. The van der Waals surface area contributed by atoms with Crippen LogP contribution in [-0.4, -0.2) is 17.7 Å². The summed E-state index contributed by atoms with van der Waals surface area (Å²) in [5, 5.41) is 2.75. The van der Waals surface area contributed by atoms with E-state index in [9.17, 15) is 14.4 Å². The van der Waals surface area contributed by atoms with Crippen LogP contribution in [0.15, 0.2) is 53.0 Å². The van der Waals surface area contributed by atoms with Gasteiger partial charge in [-0.3, -0.25) is 9.59 Å². The van der Waals surface area contributed by atoms with Crippen LogP contribution in [0.3, 0.4) is 0 Å². The summed E-state index contributed by atoms with van der Waals surface area (Å²) in [5.41, 5.74) is 1.66. The summed E-state index contributed by atoms with van der Waals surface area (Å²) in [6.07, 6.45) is 8.11. The first-order chi connectivity index (χ1) is 15.0. The van der Waals surface area contributed by atoms with Gasteiger partial charge in [0.25, 0.3) is 0 Å². The molecule has 0 spiro atoms. The topological polar surface area (TPSA) is 66.5 Å². The van der Waals surface area contributed by atoms with Crippen LogP contribution >= 0.6 is 15.9 Å². The molecule has 0 saturated heterocycles. The molecule has 3 rings (SSSR count). The van der Waals surface area contributed by atoms with Gasteiger partial charge in [-0.25, -0.2) is 9.69 Å². The summed E-state index contributed by atoms with van der Waals surface area (Å²) in [6, 6.07) is 13.7. The van der Waals surface area contributed by atoms with Crippen LogP contribution in [0.1, 0.15) is 69.8 Å². The fourth-order valence-corrected chi connectivity index (χ4v) is 4.34. The van der Waals surface area contributed by atoms with E-state index < -0.39 is 17.9 Å². The number of carbonyl (C=O) groups is 3. The zero-order chi connectivity index (χ0) is 22.2. The lowest BCUT2D eigenvalue weighted by Crippen LogP contribution is -2.39. The van der Waals surface area contributed by atoms with Crippen molar-refractivity contribution in [3.05, 3.63) is 58.6 Å². The molecule has 0 saturated carbocycles. The molecule has 0 bridgehead atoms. The van der Waals surface area contributed by atoms with E-state index in [1.54, 1.807) is 42.5 Å². The van der Waals surface area contributed by atoms with Gasteiger partial charge in [0.15, 0.2) is 0 Å². The Hall–Kier alpha value is -2.47. The largest absolute Gasteiger partial charge is 0.333 e. The van der Waals surface area contributed by atoms with Crippen molar-refractivity contribution in [3.8, 4) is 0 Å². The van der Waals surface area contributed by atoms with E-state index in [4.69, 9.17) is 0 Å². The molecule has 0 radical (unpaired) electrons. The summed E-state index contributed by atoms with van der Waals surface area (Å²) in [7, 11) is 0. The number of ketones is 1. The molecule has 1 heterocycles. The minimum atomic E-state index is -0.922. The Morgan fingerprint density at radius 3 is 2.35 bits per heavy atom. The lowest BCUT2D eigenvalue weighted by molar-refractivity contribution is -0.128. The number of Topliss-reactive ketones (excluding diaryl/α,β-unsaturated/α-hetero) is 1. The van der Waals surface area contributed by atoms with Crippen molar-refractivity contribution in [2.75, 3.05) is 10.2 Å². The van der Waals surface area contributed by atoms with E-state index in [0.717, 1.165) is 28.6 Å². The number of anilines is 2. The van der Waals surface area contributed by atoms with Crippen molar-refractivity contribution in [2.24, 2.45) is 0 Å². The first-order valence-corrected chi connectivity index (χ1v) is 11.8. The van der Waals surface area contributed by atoms with Crippen molar-refractivity contribution in [3.63, 3.8) is 0 Å². The molecule has 1 atom stereocenters. The van der Waals surface area contributed by atoms with E-state index >= 15 is 0 Å². The molecule has 31 heavy (non-hydrogen) atoms. The molecule has 2 aromatic rings. The molecule has 0 aromatic heterocycles. The van der Waals surface area contributed by atoms with Crippen LogP contribution in [0.2, 0.25) is 0 Å². The molecule has 6 heteroatoms. The van der Waals surface area contributed by atoms with Crippen LogP contribution in [0.5, 0.6) is 0 Å². The monoisotopic (exact) mass is 484 g/mol. The Kier molecular flexibility index (Phi) is 8.41. The molecule has 1 aliphatic heterocycles. The number of fused-ring (bicyclic) bond motifs is 1. The number of amides is 3. The minimum absolute atomic E-state index is 0.118. The number of nitrogens with zero attached hydrogens (tertiary/aromatic N) is 1. The highest BCUT2D eigenvalue weighted by Gasteiger charge is 2.44. The second-order valence-electron chi connectivity index (χ2n) is 7.94. The second kappa shape index (κ2) is 11.2. The van der Waals surface area contributed by atoms with Gasteiger partial charge >= 0.3 is 6.03 Å². The van der Waals surface area contributed by atoms with E-state index in [2.05, 4.69) is 28.2 Å². The predicted molar refractivity (Wildman–Crippen MR) is 127 cm³/mol. The molecular formula is C25H29BrN2O3. The lowest BCUT2D eigenvalue weighted by atomic mass is 9.93. The maximum Gasteiger partial charge on any atom is 0.333 e. The van der Waals surface area contributed by atoms with Gasteiger partial charge in [0.2, 0.25) is 5.91 Å². The standard InChI is InChI=1S/C25H29BrN2O3/c1-2-3-4-5-6-7-11-14-22(29)23-20-17-18(26)15-16-21(20)28(24(23)30)25(31)27-19-12-9-8-10-13-19/h8-10,12-13,15-17,23H,2-7,11,14H2,1H3,(H,27,31). The number of unbranched alkanes of at least 4 members (excludes halogenated alkanes) is 6. The Bertz CT molecular complexity index is 930. The molecule has 5 nitrogen and oxygen atoms in total. The summed E-state index contributed by atoms with van der Waals surface area (Å²) in [4.78, 5) is 40.2. The SMILES string of the molecule is CCCCCCCCCC(=O)C1C(=O)N(C(=O)Nc2ccccc2)c2ccc(Br)cc21. The van der Waals surface area contributed by atoms with Gasteiger partial charge in [0, 0.05) is 16.6 Å². The molecule has 164 valence electrons. The number of rotatable bonds is 10. The average Bonchev–Trinajstić information content (AvgIpc) is 3.04. The average molecular weight is 485 g/mol. The van der Waals surface area contributed by atoms with Gasteiger partial charge in [-0.05, 0) is 42.3 Å². The Balaban J connectivity index is 1.69. The van der Waals surface area contributed by atoms with Crippen molar-refractivity contribution in [2.45, 2.75) is 64.2 Å². The van der Waals surface area contributed by atoms with Gasteiger partial charge in [0.1, 0.15) is 11.7 Å². The van der Waals surface area contributed by atoms with Gasteiger partial charge in [-0.2, -0.15) is 0 Å². The van der Waals surface area contributed by atoms with Crippen molar-refractivity contribution >= 4 is 45.0 Å². The zero-order valence-corrected chi connectivity index (χ0v) is 19.5. The van der Waals surface area contributed by atoms with Crippen LogP contribution in [-0.2, 0) is 9.59 Å². The van der Waals surface area contributed by atoms with Gasteiger partial charge < -0.3 is 5.32 Å². The lowest BCUT2D eigenvalue weighted by Gasteiger charge is -2.17. The molecular weight excluding hydrogens is 456 g/mol. The number of benzene rings is 2. The molecule has 0 aliphatic carbocycles. The van der Waals surface area contributed by atoms with E-state index in [1.807, 2.05) is 6.07 Å². The third kappa shape index (κ3) is 5.82.